The Morgan fingerprint density at radius 2 is 1.86 bits per heavy atom. The molecule has 1 rings (SSSR count). The molecule has 0 aromatic rings. The third-order valence-corrected chi connectivity index (χ3v) is 9.79. The number of ether oxygens (including phenoxy) is 1. The number of hydrogen-bond acceptors (Lipinski definition) is 3. The smallest absolute Gasteiger partial charge is 0.192 e. The number of terminal acetylenes is 1. The van der Waals surface area contributed by atoms with Crippen LogP contribution in [0.3, 0.4) is 0 Å². The monoisotopic (exact) mass is 326 g/mol. The van der Waals surface area contributed by atoms with Crippen molar-refractivity contribution in [3.8, 4) is 12.3 Å². The predicted molar refractivity (Wildman–Crippen MR) is 94.3 cm³/mol. The van der Waals surface area contributed by atoms with Gasteiger partial charge in [0.2, 0.25) is 0 Å². The molecule has 1 aliphatic heterocycles. The van der Waals surface area contributed by atoms with Crippen molar-refractivity contribution in [3.05, 3.63) is 0 Å². The normalized spacial score (nSPS) is 27.6. The first-order chi connectivity index (χ1) is 9.84. The van der Waals surface area contributed by atoms with Crippen LogP contribution in [0.1, 0.15) is 54.4 Å². The maximum atomic E-state index is 9.98. The molecule has 1 saturated heterocycles. The molecule has 4 heteroatoms. The van der Waals surface area contributed by atoms with E-state index in [1.54, 1.807) is 6.92 Å². The Morgan fingerprint density at radius 3 is 2.27 bits per heavy atom. The summed E-state index contributed by atoms with van der Waals surface area (Å²) >= 11 is 0. The lowest BCUT2D eigenvalue weighted by Gasteiger charge is -2.40. The highest BCUT2D eigenvalue weighted by Crippen LogP contribution is 2.42. The van der Waals surface area contributed by atoms with Gasteiger partial charge in [0.15, 0.2) is 8.32 Å². The third-order valence-electron chi connectivity index (χ3n) is 5.29. The fourth-order valence-electron chi connectivity index (χ4n) is 2.56. The quantitative estimate of drug-likeness (QED) is 0.437. The zero-order valence-electron chi connectivity index (χ0n) is 15.6. The Morgan fingerprint density at radius 1 is 1.32 bits per heavy atom. The molecule has 0 radical (unpaired) electrons. The molecule has 1 fully saturated rings. The molecule has 5 atom stereocenters. The van der Waals surface area contributed by atoms with Gasteiger partial charge in [-0.2, -0.15) is 0 Å². The first-order valence-electron chi connectivity index (χ1n) is 8.38. The van der Waals surface area contributed by atoms with E-state index in [0.717, 1.165) is 6.42 Å². The highest BCUT2D eigenvalue weighted by Gasteiger charge is 2.49. The van der Waals surface area contributed by atoms with E-state index in [-0.39, 0.29) is 23.4 Å². The third kappa shape index (κ3) is 4.83. The van der Waals surface area contributed by atoms with Gasteiger partial charge in [0.05, 0.1) is 12.2 Å². The van der Waals surface area contributed by atoms with Crippen molar-refractivity contribution in [2.24, 2.45) is 5.92 Å². The second-order valence-corrected chi connectivity index (χ2v) is 13.2. The summed E-state index contributed by atoms with van der Waals surface area (Å²) < 4.78 is 12.4. The van der Waals surface area contributed by atoms with Gasteiger partial charge in [-0.15, -0.1) is 6.42 Å². The van der Waals surface area contributed by atoms with Crippen LogP contribution in [-0.4, -0.2) is 37.3 Å². The zero-order chi connectivity index (χ0) is 17.3. The van der Waals surface area contributed by atoms with Crippen LogP contribution in [0.15, 0.2) is 0 Å². The largest absolute Gasteiger partial charge is 0.414 e. The summed E-state index contributed by atoms with van der Waals surface area (Å²) in [5.41, 5.74) is -1.08. The van der Waals surface area contributed by atoms with Gasteiger partial charge < -0.3 is 14.3 Å². The highest BCUT2D eigenvalue weighted by atomic mass is 28.4. The SMILES string of the molecule is C#C[C@](C)(O)C[C@H]1O[C@@H]1[C@H](C)[C@H](CC)O[Si](C)(C)C(C)(C)C. The molecule has 0 saturated carbocycles. The van der Waals surface area contributed by atoms with Gasteiger partial charge in [-0.25, -0.2) is 0 Å². The van der Waals surface area contributed by atoms with Gasteiger partial charge in [0, 0.05) is 18.4 Å². The summed E-state index contributed by atoms with van der Waals surface area (Å²) in [6.07, 6.45) is 7.22. The van der Waals surface area contributed by atoms with E-state index in [9.17, 15) is 5.11 Å². The summed E-state index contributed by atoms with van der Waals surface area (Å²) in [6.45, 7) is 17.4. The maximum Gasteiger partial charge on any atom is 0.192 e. The number of epoxide rings is 1. The average molecular weight is 327 g/mol. The Balaban J connectivity index is 2.65. The molecular weight excluding hydrogens is 292 g/mol. The van der Waals surface area contributed by atoms with Crippen molar-refractivity contribution in [2.45, 2.75) is 96.4 Å². The second-order valence-electron chi connectivity index (χ2n) is 8.45. The van der Waals surface area contributed by atoms with E-state index in [1.807, 2.05) is 0 Å². The van der Waals surface area contributed by atoms with Crippen molar-refractivity contribution in [3.63, 3.8) is 0 Å². The Kier molecular flexibility index (Phi) is 5.95. The Bertz CT molecular complexity index is 417. The minimum absolute atomic E-state index is 0.0538. The molecule has 0 aliphatic carbocycles. The molecule has 3 nitrogen and oxygen atoms in total. The molecule has 128 valence electrons. The minimum atomic E-state index is -1.78. The van der Waals surface area contributed by atoms with Crippen LogP contribution in [0, 0.1) is 18.3 Å². The number of aliphatic hydroxyl groups is 1. The minimum Gasteiger partial charge on any atom is -0.414 e. The molecule has 0 unspecified atom stereocenters. The van der Waals surface area contributed by atoms with Gasteiger partial charge in [-0.3, -0.25) is 0 Å². The molecule has 1 heterocycles. The standard InChI is InChI=1S/C18H34O3Si/c1-10-14(21-22(8,9)17(4,5)6)13(3)16-15(20-16)12-18(7,19)11-2/h2,13-16,19H,10,12H2,1,3-9H3/t13-,14+,15-,16-,18+/m1/s1. The van der Waals surface area contributed by atoms with Crippen molar-refractivity contribution < 1.29 is 14.3 Å². The van der Waals surface area contributed by atoms with Crippen LogP contribution in [0.5, 0.6) is 0 Å². The summed E-state index contributed by atoms with van der Waals surface area (Å²) in [5, 5.41) is 10.2. The van der Waals surface area contributed by atoms with Crippen molar-refractivity contribution in [1.82, 2.24) is 0 Å². The topological polar surface area (TPSA) is 42.0 Å². The zero-order valence-corrected chi connectivity index (χ0v) is 16.6. The summed E-state index contributed by atoms with van der Waals surface area (Å²) in [7, 11) is -1.78. The van der Waals surface area contributed by atoms with E-state index < -0.39 is 13.9 Å². The molecule has 0 bridgehead atoms. The Hall–Kier alpha value is -0.343. The van der Waals surface area contributed by atoms with Crippen LogP contribution in [-0.2, 0) is 9.16 Å². The maximum absolute atomic E-state index is 9.98. The fourth-order valence-corrected chi connectivity index (χ4v) is 4.05. The fraction of sp³-hybridized carbons (Fsp3) is 0.889. The van der Waals surface area contributed by atoms with Crippen LogP contribution in [0.25, 0.3) is 0 Å². The molecule has 0 spiro atoms. The van der Waals surface area contributed by atoms with E-state index in [0.29, 0.717) is 12.3 Å². The Labute approximate surface area is 137 Å². The van der Waals surface area contributed by atoms with Gasteiger partial charge in [-0.1, -0.05) is 40.5 Å². The van der Waals surface area contributed by atoms with E-state index in [4.69, 9.17) is 15.6 Å². The predicted octanol–water partition coefficient (Wildman–Crippen LogP) is 3.96. The lowest BCUT2D eigenvalue weighted by molar-refractivity contribution is 0.102. The summed E-state index contributed by atoms with van der Waals surface area (Å²) in [6, 6.07) is 0. The molecular formula is C18H34O3Si. The average Bonchev–Trinajstić information content (AvgIpc) is 3.12. The van der Waals surface area contributed by atoms with Gasteiger partial charge in [0.25, 0.3) is 0 Å². The van der Waals surface area contributed by atoms with Crippen LogP contribution >= 0.6 is 0 Å². The van der Waals surface area contributed by atoms with Gasteiger partial charge in [-0.05, 0) is 31.5 Å². The van der Waals surface area contributed by atoms with Crippen molar-refractivity contribution >= 4 is 8.32 Å². The van der Waals surface area contributed by atoms with E-state index in [1.165, 1.54) is 0 Å². The van der Waals surface area contributed by atoms with Crippen LogP contribution in [0.2, 0.25) is 18.1 Å². The number of rotatable bonds is 7. The molecule has 1 aliphatic rings. The molecule has 1 N–H and O–H groups in total. The van der Waals surface area contributed by atoms with E-state index in [2.05, 4.69) is 53.6 Å². The van der Waals surface area contributed by atoms with Gasteiger partial charge in [0.1, 0.15) is 5.60 Å². The summed E-state index contributed by atoms with van der Waals surface area (Å²) in [4.78, 5) is 0. The highest BCUT2D eigenvalue weighted by molar-refractivity contribution is 6.74. The second kappa shape index (κ2) is 6.65. The summed E-state index contributed by atoms with van der Waals surface area (Å²) in [5.74, 6) is 2.74. The first kappa shape index (κ1) is 19.7. The van der Waals surface area contributed by atoms with Crippen molar-refractivity contribution in [2.75, 3.05) is 0 Å². The lowest BCUT2D eigenvalue weighted by Crippen LogP contribution is -2.46. The van der Waals surface area contributed by atoms with E-state index >= 15 is 0 Å². The number of hydrogen-bond donors (Lipinski definition) is 1. The molecule has 0 amide bonds. The van der Waals surface area contributed by atoms with Crippen molar-refractivity contribution in [1.29, 1.82) is 0 Å². The van der Waals surface area contributed by atoms with Crippen LogP contribution in [0.4, 0.5) is 0 Å². The lowest BCUT2D eigenvalue weighted by atomic mass is 9.92. The molecule has 0 aromatic heterocycles. The first-order valence-corrected chi connectivity index (χ1v) is 11.3. The molecule has 0 aromatic carbocycles. The van der Waals surface area contributed by atoms with Crippen LogP contribution < -0.4 is 0 Å². The van der Waals surface area contributed by atoms with Gasteiger partial charge >= 0.3 is 0 Å². The molecule has 22 heavy (non-hydrogen) atoms.